The molecule has 0 aromatic rings. The van der Waals surface area contributed by atoms with Crippen LogP contribution in [0.1, 0.15) is 71.6 Å². The van der Waals surface area contributed by atoms with Crippen molar-refractivity contribution in [1.29, 1.82) is 0 Å². The van der Waals surface area contributed by atoms with E-state index in [-0.39, 0.29) is 36.0 Å². The Kier molecular flexibility index (Phi) is 14.7. The maximum absolute atomic E-state index is 11.1. The summed E-state index contributed by atoms with van der Waals surface area (Å²) in [5.74, 6) is 0. The van der Waals surface area contributed by atoms with Crippen LogP contribution in [0.15, 0.2) is 0 Å². The molecule has 1 N–H and O–H groups in total. The number of aliphatic hydroxyl groups excluding tert-OH is 1. The third-order valence-electron chi connectivity index (χ3n) is 3.19. The molecule has 0 aromatic heterocycles. The summed E-state index contributed by atoms with van der Waals surface area (Å²) in [4.78, 5) is 0. The molecule has 0 aliphatic heterocycles. The van der Waals surface area contributed by atoms with Crippen molar-refractivity contribution in [3.05, 3.63) is 0 Å². The maximum atomic E-state index is 11.1. The van der Waals surface area contributed by atoms with Crippen LogP contribution in [0.3, 0.4) is 0 Å². The zero-order valence-electron chi connectivity index (χ0n) is 12.6. The van der Waals surface area contributed by atoms with Gasteiger partial charge in [0.15, 0.2) is 0 Å². The van der Waals surface area contributed by atoms with Gasteiger partial charge in [0.25, 0.3) is 0 Å². The number of hydrogen-bond acceptors (Lipinski definition) is 4. The fourth-order valence-corrected chi connectivity index (χ4v) is 2.89. The topological polar surface area (TPSA) is 77.4 Å². The predicted octanol–water partition coefficient (Wildman–Crippen LogP) is -0.184. The van der Waals surface area contributed by atoms with Gasteiger partial charge in [-0.2, -0.15) is 0 Å². The minimum absolute atomic E-state index is 0. The van der Waals surface area contributed by atoms with E-state index in [2.05, 4.69) is 6.92 Å². The SMILES string of the molecule is CCCCCCCCC(CCC(C)O)S(=O)(=O)[O-].[Na+]. The van der Waals surface area contributed by atoms with Crippen molar-refractivity contribution in [2.45, 2.75) is 83.0 Å². The minimum Gasteiger partial charge on any atom is -0.748 e. The van der Waals surface area contributed by atoms with E-state index in [1.54, 1.807) is 6.92 Å². The molecule has 0 saturated carbocycles. The van der Waals surface area contributed by atoms with Gasteiger partial charge in [-0.15, -0.1) is 0 Å². The molecule has 0 fully saturated rings. The van der Waals surface area contributed by atoms with E-state index in [4.69, 9.17) is 5.11 Å². The summed E-state index contributed by atoms with van der Waals surface area (Å²) in [7, 11) is -4.22. The molecule has 0 amide bonds. The van der Waals surface area contributed by atoms with Crippen LogP contribution in [-0.2, 0) is 10.1 Å². The molecule has 4 nitrogen and oxygen atoms in total. The number of unbranched alkanes of at least 4 members (excludes halogenated alkanes) is 5. The van der Waals surface area contributed by atoms with Crippen LogP contribution in [0.25, 0.3) is 0 Å². The molecule has 0 radical (unpaired) electrons. The number of aliphatic hydroxyl groups is 1. The number of hydrogen-bond donors (Lipinski definition) is 1. The average Bonchev–Trinajstić information content (AvgIpc) is 2.25. The predicted molar refractivity (Wildman–Crippen MR) is 72.4 cm³/mol. The van der Waals surface area contributed by atoms with Crippen LogP contribution >= 0.6 is 0 Å². The molecule has 2 atom stereocenters. The largest absolute Gasteiger partial charge is 1.00 e. The second kappa shape index (κ2) is 12.6. The fraction of sp³-hybridized carbons (Fsp3) is 1.00. The van der Waals surface area contributed by atoms with Gasteiger partial charge in [0, 0.05) is 5.25 Å². The van der Waals surface area contributed by atoms with Gasteiger partial charge in [-0.25, -0.2) is 8.42 Å². The Labute approximate surface area is 140 Å². The summed E-state index contributed by atoms with van der Waals surface area (Å²) in [5.41, 5.74) is 0. The third-order valence-corrected chi connectivity index (χ3v) is 4.48. The molecule has 0 spiro atoms. The Balaban J connectivity index is 0. The van der Waals surface area contributed by atoms with E-state index in [1.807, 2.05) is 0 Å². The van der Waals surface area contributed by atoms with Crippen molar-refractivity contribution < 1.29 is 47.6 Å². The fourth-order valence-electron chi connectivity index (χ4n) is 2.01. The van der Waals surface area contributed by atoms with Gasteiger partial charge in [-0.05, 0) is 26.2 Å². The van der Waals surface area contributed by atoms with Crippen LogP contribution in [0.5, 0.6) is 0 Å². The Hall–Kier alpha value is 0.870. The van der Waals surface area contributed by atoms with Crippen LogP contribution in [0.2, 0.25) is 0 Å². The summed E-state index contributed by atoms with van der Waals surface area (Å²) in [6, 6.07) is 0. The second-order valence-corrected chi connectivity index (χ2v) is 6.75. The zero-order valence-corrected chi connectivity index (χ0v) is 15.4. The van der Waals surface area contributed by atoms with Crippen molar-refractivity contribution in [1.82, 2.24) is 0 Å². The second-order valence-electron chi connectivity index (χ2n) is 5.10. The van der Waals surface area contributed by atoms with E-state index < -0.39 is 21.5 Å². The normalized spacial score (nSPS) is 14.7. The Morgan fingerprint density at radius 2 is 1.53 bits per heavy atom. The van der Waals surface area contributed by atoms with Crippen LogP contribution < -0.4 is 29.6 Å². The van der Waals surface area contributed by atoms with Gasteiger partial charge in [0.1, 0.15) is 0 Å². The van der Waals surface area contributed by atoms with Crippen molar-refractivity contribution in [3.63, 3.8) is 0 Å². The Morgan fingerprint density at radius 1 is 1.00 bits per heavy atom. The van der Waals surface area contributed by atoms with Crippen molar-refractivity contribution in [3.8, 4) is 0 Å². The summed E-state index contributed by atoms with van der Waals surface area (Å²) in [6.45, 7) is 3.76. The van der Waals surface area contributed by atoms with E-state index in [1.165, 1.54) is 19.3 Å². The first kappa shape index (κ1) is 22.2. The minimum atomic E-state index is -4.22. The van der Waals surface area contributed by atoms with Gasteiger partial charge in [0.05, 0.1) is 16.2 Å². The first-order valence-corrected chi connectivity index (χ1v) is 8.47. The van der Waals surface area contributed by atoms with Crippen LogP contribution in [-0.4, -0.2) is 29.4 Å². The van der Waals surface area contributed by atoms with Crippen LogP contribution in [0.4, 0.5) is 0 Å². The van der Waals surface area contributed by atoms with Gasteiger partial charge in [-0.1, -0.05) is 45.4 Å². The summed E-state index contributed by atoms with van der Waals surface area (Å²) in [6.07, 6.45) is 7.01. The first-order chi connectivity index (χ1) is 8.38. The maximum Gasteiger partial charge on any atom is 1.00 e. The molecule has 0 bridgehead atoms. The molecular weight excluding hydrogens is 275 g/mol. The average molecular weight is 302 g/mol. The van der Waals surface area contributed by atoms with Gasteiger partial charge < -0.3 is 9.66 Å². The molecular formula is C13H27NaO4S. The Morgan fingerprint density at radius 3 is 2.00 bits per heavy atom. The molecule has 0 rings (SSSR count). The molecule has 19 heavy (non-hydrogen) atoms. The zero-order chi connectivity index (χ0) is 14.0. The summed E-state index contributed by atoms with van der Waals surface area (Å²) < 4.78 is 33.2. The van der Waals surface area contributed by atoms with Gasteiger partial charge in [0.2, 0.25) is 0 Å². The van der Waals surface area contributed by atoms with Crippen molar-refractivity contribution >= 4 is 10.1 Å². The van der Waals surface area contributed by atoms with Crippen LogP contribution in [0, 0.1) is 0 Å². The molecule has 0 aliphatic rings. The van der Waals surface area contributed by atoms with Crippen molar-refractivity contribution in [2.24, 2.45) is 0 Å². The number of rotatable bonds is 11. The molecule has 0 aromatic carbocycles. The van der Waals surface area contributed by atoms with Gasteiger partial charge in [-0.3, -0.25) is 0 Å². The van der Waals surface area contributed by atoms with E-state index in [0.29, 0.717) is 12.8 Å². The third kappa shape index (κ3) is 13.6. The molecule has 2 unspecified atom stereocenters. The van der Waals surface area contributed by atoms with E-state index in [9.17, 15) is 13.0 Å². The Bertz CT molecular complexity index is 291. The molecule has 0 heterocycles. The van der Waals surface area contributed by atoms with E-state index in [0.717, 1.165) is 19.3 Å². The molecule has 6 heteroatoms. The van der Waals surface area contributed by atoms with E-state index >= 15 is 0 Å². The first-order valence-electron chi connectivity index (χ1n) is 7.00. The molecule has 0 aliphatic carbocycles. The standard InChI is InChI=1S/C13H28O4S.Na/c1-3-4-5-6-7-8-9-13(18(15,16)17)11-10-12(2)14;/h12-14H,3-11H2,1-2H3,(H,15,16,17);/q;+1/p-1. The van der Waals surface area contributed by atoms with Gasteiger partial charge >= 0.3 is 29.6 Å². The molecule has 0 saturated heterocycles. The smallest absolute Gasteiger partial charge is 0.748 e. The summed E-state index contributed by atoms with van der Waals surface area (Å²) >= 11 is 0. The monoisotopic (exact) mass is 302 g/mol. The van der Waals surface area contributed by atoms with Crippen molar-refractivity contribution in [2.75, 3.05) is 0 Å². The summed E-state index contributed by atoms with van der Waals surface area (Å²) in [5, 5.41) is 8.32. The molecule has 110 valence electrons. The quantitative estimate of drug-likeness (QED) is 0.326.